The number of rotatable bonds is 7. The van der Waals surface area contributed by atoms with E-state index in [9.17, 15) is 14.4 Å². The van der Waals surface area contributed by atoms with Gasteiger partial charge < -0.3 is 14.2 Å². The molecule has 0 saturated carbocycles. The minimum atomic E-state index is -0.641. The number of carbonyl (C=O) groups excluding carboxylic acids is 1. The molecule has 0 aliphatic heterocycles. The average molecular weight is 409 g/mol. The lowest BCUT2D eigenvalue weighted by molar-refractivity contribution is -0.139. The van der Waals surface area contributed by atoms with Crippen LogP contribution >= 0.6 is 11.6 Å². The van der Waals surface area contributed by atoms with Crippen LogP contribution in [0.25, 0.3) is 6.08 Å². The van der Waals surface area contributed by atoms with Crippen molar-refractivity contribution in [1.29, 1.82) is 0 Å². The predicted octanol–water partition coefficient (Wildman–Crippen LogP) is 1.90. The van der Waals surface area contributed by atoms with Gasteiger partial charge in [-0.05, 0) is 30.7 Å². The normalized spacial score (nSPS) is 10.9. The third-order valence-corrected chi connectivity index (χ3v) is 4.22. The molecule has 2 rings (SSSR count). The van der Waals surface area contributed by atoms with Crippen molar-refractivity contribution in [2.24, 2.45) is 14.1 Å². The van der Waals surface area contributed by atoms with E-state index in [1.54, 1.807) is 12.1 Å². The first-order valence-electron chi connectivity index (χ1n) is 8.39. The highest BCUT2D eigenvalue weighted by Gasteiger charge is 2.11. The van der Waals surface area contributed by atoms with Gasteiger partial charge in [0.2, 0.25) is 0 Å². The zero-order valence-corrected chi connectivity index (χ0v) is 16.8. The molecule has 9 heteroatoms. The van der Waals surface area contributed by atoms with E-state index in [-0.39, 0.29) is 6.61 Å². The molecular weight excluding hydrogens is 388 g/mol. The molecule has 0 saturated heterocycles. The molecule has 0 radical (unpaired) electrons. The SMILES string of the molecule is CCOc1cc(/C=C/C(=O)OCc2cc(=O)n(C)c(=O)n2C)cc(Cl)c1OC. The first-order chi connectivity index (χ1) is 13.3. The number of hydrogen-bond donors (Lipinski definition) is 0. The van der Waals surface area contributed by atoms with Crippen molar-refractivity contribution in [2.45, 2.75) is 13.5 Å². The Morgan fingerprint density at radius 2 is 1.89 bits per heavy atom. The van der Waals surface area contributed by atoms with Crippen LogP contribution in [-0.2, 0) is 30.2 Å². The molecule has 8 nitrogen and oxygen atoms in total. The summed E-state index contributed by atoms with van der Waals surface area (Å²) in [7, 11) is 4.36. The molecule has 2 aromatic rings. The second-order valence-corrected chi connectivity index (χ2v) is 6.19. The van der Waals surface area contributed by atoms with Crippen LogP contribution in [0.5, 0.6) is 11.5 Å². The highest BCUT2D eigenvalue weighted by atomic mass is 35.5. The van der Waals surface area contributed by atoms with Gasteiger partial charge in [-0.15, -0.1) is 0 Å². The molecule has 1 heterocycles. The van der Waals surface area contributed by atoms with Crippen LogP contribution in [0.4, 0.5) is 0 Å². The van der Waals surface area contributed by atoms with E-state index in [4.69, 9.17) is 25.8 Å². The van der Waals surface area contributed by atoms with Crippen LogP contribution in [-0.4, -0.2) is 28.8 Å². The highest BCUT2D eigenvalue weighted by molar-refractivity contribution is 6.32. The molecule has 0 fully saturated rings. The smallest absolute Gasteiger partial charge is 0.331 e. The third kappa shape index (κ3) is 4.83. The molecular formula is C19H21ClN2O6. The van der Waals surface area contributed by atoms with Gasteiger partial charge in [0.05, 0.1) is 24.4 Å². The van der Waals surface area contributed by atoms with Crippen LogP contribution < -0.4 is 20.7 Å². The van der Waals surface area contributed by atoms with Gasteiger partial charge in [-0.3, -0.25) is 13.9 Å². The Bertz CT molecular complexity index is 1020. The topological polar surface area (TPSA) is 88.8 Å². The molecule has 0 aliphatic rings. The van der Waals surface area contributed by atoms with Gasteiger partial charge in [0.25, 0.3) is 5.56 Å². The van der Waals surface area contributed by atoms with Crippen LogP contribution in [0.1, 0.15) is 18.2 Å². The summed E-state index contributed by atoms with van der Waals surface area (Å²) in [4.78, 5) is 35.6. The Hall–Kier alpha value is -3.00. The van der Waals surface area contributed by atoms with Gasteiger partial charge in [-0.25, -0.2) is 9.59 Å². The average Bonchev–Trinajstić information content (AvgIpc) is 2.66. The molecule has 150 valence electrons. The van der Waals surface area contributed by atoms with E-state index >= 15 is 0 Å². The van der Waals surface area contributed by atoms with E-state index in [0.29, 0.717) is 34.4 Å². The number of halogens is 1. The third-order valence-electron chi connectivity index (χ3n) is 3.94. The molecule has 0 spiro atoms. The Morgan fingerprint density at radius 3 is 2.54 bits per heavy atom. The number of aromatic nitrogens is 2. The van der Waals surface area contributed by atoms with Gasteiger partial charge in [-0.2, -0.15) is 0 Å². The molecule has 1 aromatic carbocycles. The molecule has 0 bridgehead atoms. The van der Waals surface area contributed by atoms with Crippen molar-refractivity contribution in [3.63, 3.8) is 0 Å². The molecule has 0 N–H and O–H groups in total. The van der Waals surface area contributed by atoms with Crippen LogP contribution in [0.3, 0.4) is 0 Å². The van der Waals surface area contributed by atoms with Gasteiger partial charge >= 0.3 is 11.7 Å². The predicted molar refractivity (Wildman–Crippen MR) is 105 cm³/mol. The number of hydrogen-bond acceptors (Lipinski definition) is 6. The lowest BCUT2D eigenvalue weighted by Crippen LogP contribution is -2.38. The summed E-state index contributed by atoms with van der Waals surface area (Å²) in [6, 6.07) is 4.55. The van der Waals surface area contributed by atoms with Gasteiger partial charge in [0.1, 0.15) is 6.61 Å². The van der Waals surface area contributed by atoms with Gasteiger partial charge in [0, 0.05) is 26.2 Å². The van der Waals surface area contributed by atoms with Crippen molar-refractivity contribution in [3.8, 4) is 11.5 Å². The summed E-state index contributed by atoms with van der Waals surface area (Å²) < 4.78 is 18.0. The Morgan fingerprint density at radius 1 is 1.18 bits per heavy atom. The fourth-order valence-electron chi connectivity index (χ4n) is 2.42. The van der Waals surface area contributed by atoms with Crippen LogP contribution in [0.2, 0.25) is 5.02 Å². The maximum absolute atomic E-state index is 12.0. The maximum Gasteiger partial charge on any atom is 0.331 e. The van der Waals surface area contributed by atoms with Crippen LogP contribution in [0, 0.1) is 0 Å². The zero-order valence-electron chi connectivity index (χ0n) is 16.0. The maximum atomic E-state index is 12.0. The summed E-state index contributed by atoms with van der Waals surface area (Å²) in [5.74, 6) is 0.230. The summed E-state index contributed by atoms with van der Waals surface area (Å²) in [5.41, 5.74) is -0.0559. The van der Waals surface area contributed by atoms with Gasteiger partial charge in [0.15, 0.2) is 11.5 Å². The molecule has 1 aromatic heterocycles. The van der Waals surface area contributed by atoms with Crippen LogP contribution in [0.15, 0.2) is 33.9 Å². The van der Waals surface area contributed by atoms with E-state index in [1.165, 1.54) is 44.0 Å². The lowest BCUT2D eigenvalue weighted by atomic mass is 10.2. The minimum Gasteiger partial charge on any atom is -0.491 e. The lowest BCUT2D eigenvalue weighted by Gasteiger charge is -2.11. The second kappa shape index (κ2) is 9.27. The number of nitrogens with zero attached hydrogens (tertiary/aromatic N) is 2. The zero-order chi connectivity index (χ0) is 20.8. The quantitative estimate of drug-likeness (QED) is 0.513. The second-order valence-electron chi connectivity index (χ2n) is 5.78. The summed E-state index contributed by atoms with van der Waals surface area (Å²) in [6.45, 7) is 2.05. The fourth-order valence-corrected chi connectivity index (χ4v) is 2.72. The molecule has 0 unspecified atom stereocenters. The summed E-state index contributed by atoms with van der Waals surface area (Å²) in [5, 5.41) is 0.344. The molecule has 28 heavy (non-hydrogen) atoms. The Kier molecular flexibility index (Phi) is 7.06. The van der Waals surface area contributed by atoms with Crippen molar-refractivity contribution in [1.82, 2.24) is 9.13 Å². The number of esters is 1. The Balaban J connectivity index is 2.13. The molecule has 0 atom stereocenters. The van der Waals surface area contributed by atoms with Crippen molar-refractivity contribution in [3.05, 3.63) is 61.4 Å². The number of carbonyl (C=O) groups is 1. The summed E-state index contributed by atoms with van der Waals surface area (Å²) >= 11 is 6.17. The molecule has 0 amide bonds. The fraction of sp³-hybridized carbons (Fsp3) is 0.316. The minimum absolute atomic E-state index is 0.210. The first kappa shape index (κ1) is 21.3. The van der Waals surface area contributed by atoms with E-state index < -0.39 is 17.2 Å². The van der Waals surface area contributed by atoms with Crippen molar-refractivity contribution in [2.75, 3.05) is 13.7 Å². The van der Waals surface area contributed by atoms with E-state index in [0.717, 1.165) is 4.57 Å². The monoisotopic (exact) mass is 408 g/mol. The first-order valence-corrected chi connectivity index (χ1v) is 8.77. The van der Waals surface area contributed by atoms with Crippen molar-refractivity contribution >= 4 is 23.6 Å². The number of ether oxygens (including phenoxy) is 3. The largest absolute Gasteiger partial charge is 0.491 e. The molecule has 0 aliphatic carbocycles. The van der Waals surface area contributed by atoms with E-state index in [1.807, 2.05) is 6.92 Å². The van der Waals surface area contributed by atoms with Gasteiger partial charge in [-0.1, -0.05) is 11.6 Å². The highest BCUT2D eigenvalue weighted by Crippen LogP contribution is 2.36. The van der Waals surface area contributed by atoms with E-state index in [2.05, 4.69) is 0 Å². The standard InChI is InChI=1S/C19H21ClN2O6/c1-5-27-15-9-12(8-14(20)18(15)26-4)6-7-17(24)28-11-13-10-16(23)22(3)19(25)21(13)2/h6-10H,5,11H2,1-4H3/b7-6+. The Labute approximate surface area is 166 Å². The number of methoxy groups -OCH3 is 1. The number of benzene rings is 1. The summed E-state index contributed by atoms with van der Waals surface area (Å²) in [6.07, 6.45) is 2.73. The van der Waals surface area contributed by atoms with Crippen molar-refractivity contribution < 1.29 is 19.0 Å².